The summed E-state index contributed by atoms with van der Waals surface area (Å²) in [6.45, 7) is 4.48. The summed E-state index contributed by atoms with van der Waals surface area (Å²) in [7, 11) is -3.56. The van der Waals surface area contributed by atoms with Crippen molar-refractivity contribution in [3.05, 3.63) is 74.8 Å². The number of nitrogens with zero attached hydrogens (tertiary/aromatic N) is 2. The van der Waals surface area contributed by atoms with Crippen molar-refractivity contribution in [3.8, 4) is 0 Å². The van der Waals surface area contributed by atoms with E-state index >= 15 is 0 Å². The maximum atomic E-state index is 13.0. The summed E-state index contributed by atoms with van der Waals surface area (Å²) >= 11 is 6.00. The van der Waals surface area contributed by atoms with Crippen LogP contribution in [-0.4, -0.2) is 30.7 Å². The lowest BCUT2D eigenvalue weighted by Gasteiger charge is -2.37. The molecular weight excluding hydrogens is 438 g/mol. The molecule has 164 valence electrons. The average Bonchev–Trinajstić information content (AvgIpc) is 3.24. The average molecular weight is 462 g/mol. The number of hydrogen-bond acceptors (Lipinski definition) is 5. The van der Waals surface area contributed by atoms with Crippen LogP contribution in [0.2, 0.25) is 5.02 Å². The summed E-state index contributed by atoms with van der Waals surface area (Å²) in [5.41, 5.74) is 2.45. The van der Waals surface area contributed by atoms with E-state index in [1.807, 2.05) is 19.9 Å². The van der Waals surface area contributed by atoms with Crippen molar-refractivity contribution in [1.82, 2.24) is 4.31 Å². The minimum absolute atomic E-state index is 0.0304. The minimum Gasteiger partial charge on any atom is -0.378 e. The van der Waals surface area contributed by atoms with Gasteiger partial charge >= 0.3 is 0 Å². The van der Waals surface area contributed by atoms with Crippen LogP contribution in [0.4, 0.5) is 11.4 Å². The van der Waals surface area contributed by atoms with E-state index in [4.69, 9.17) is 11.6 Å². The van der Waals surface area contributed by atoms with E-state index in [2.05, 4.69) is 17.5 Å². The van der Waals surface area contributed by atoms with Crippen molar-refractivity contribution in [1.29, 1.82) is 0 Å². The lowest BCUT2D eigenvalue weighted by Crippen LogP contribution is -2.32. The van der Waals surface area contributed by atoms with Crippen molar-refractivity contribution in [2.24, 2.45) is 5.92 Å². The first-order valence-corrected chi connectivity index (χ1v) is 12.1. The van der Waals surface area contributed by atoms with Gasteiger partial charge in [-0.2, -0.15) is 4.31 Å². The zero-order valence-electron chi connectivity index (χ0n) is 17.3. The van der Waals surface area contributed by atoms with Crippen molar-refractivity contribution in [3.63, 3.8) is 0 Å². The Hall–Kier alpha value is -2.42. The molecule has 0 saturated carbocycles. The van der Waals surface area contributed by atoms with Gasteiger partial charge in [0.15, 0.2) is 0 Å². The van der Waals surface area contributed by atoms with Gasteiger partial charge in [0.2, 0.25) is 10.0 Å². The third-order valence-electron chi connectivity index (χ3n) is 6.20. The highest BCUT2D eigenvalue weighted by atomic mass is 35.5. The number of halogens is 1. The fourth-order valence-corrected chi connectivity index (χ4v) is 6.32. The van der Waals surface area contributed by atoms with Crippen LogP contribution >= 0.6 is 11.6 Å². The molecule has 7 nitrogen and oxygen atoms in total. The lowest BCUT2D eigenvalue weighted by molar-refractivity contribution is -0.384. The van der Waals surface area contributed by atoms with Crippen LogP contribution in [0.15, 0.2) is 53.4 Å². The van der Waals surface area contributed by atoms with Gasteiger partial charge in [-0.3, -0.25) is 10.1 Å². The summed E-state index contributed by atoms with van der Waals surface area (Å²) in [5, 5.41) is 14.9. The van der Waals surface area contributed by atoms with Crippen LogP contribution in [-0.2, 0) is 10.0 Å². The Balaban J connectivity index is 1.75. The third-order valence-corrected chi connectivity index (χ3v) is 8.57. The number of rotatable bonds is 6. The lowest BCUT2D eigenvalue weighted by atomic mass is 9.77. The molecule has 0 saturated heterocycles. The highest BCUT2D eigenvalue weighted by Gasteiger charge is 2.39. The molecule has 4 rings (SSSR count). The topological polar surface area (TPSA) is 92.5 Å². The van der Waals surface area contributed by atoms with Crippen molar-refractivity contribution in [2.45, 2.75) is 37.1 Å². The number of nitro groups is 1. The number of hydrogen-bond donors (Lipinski definition) is 1. The summed E-state index contributed by atoms with van der Waals surface area (Å²) in [4.78, 5) is 11.2. The molecule has 2 aliphatic rings. The highest BCUT2D eigenvalue weighted by Crippen LogP contribution is 2.50. The SMILES string of the molecule is CCN(CC)S(=O)(=O)c1ccc2c(c1)C1C=CCC1C(c1ccc(Cl)c([N+](=O)[O-])c1)N2. The molecule has 0 bridgehead atoms. The number of allylic oxidation sites excluding steroid dienone is 2. The molecule has 9 heteroatoms. The molecule has 0 amide bonds. The Labute approximate surface area is 186 Å². The molecule has 0 fully saturated rings. The van der Waals surface area contributed by atoms with Crippen LogP contribution < -0.4 is 5.32 Å². The number of nitro benzene ring substituents is 1. The molecule has 0 aromatic heterocycles. The first kappa shape index (κ1) is 21.8. The van der Waals surface area contributed by atoms with Crippen molar-refractivity contribution < 1.29 is 13.3 Å². The van der Waals surface area contributed by atoms with Gasteiger partial charge in [0.1, 0.15) is 5.02 Å². The Morgan fingerprint density at radius 1 is 1.19 bits per heavy atom. The largest absolute Gasteiger partial charge is 0.378 e. The smallest absolute Gasteiger partial charge is 0.288 e. The second-order valence-corrected chi connectivity index (χ2v) is 10.1. The number of sulfonamides is 1. The number of fused-ring (bicyclic) bond motifs is 3. The Morgan fingerprint density at radius 2 is 1.94 bits per heavy atom. The van der Waals surface area contributed by atoms with Gasteiger partial charge in [-0.25, -0.2) is 8.42 Å². The fourth-order valence-electron chi connectivity index (χ4n) is 4.64. The van der Waals surface area contributed by atoms with Gasteiger partial charge < -0.3 is 5.32 Å². The van der Waals surface area contributed by atoms with E-state index in [-0.39, 0.29) is 33.5 Å². The fraction of sp³-hybridized carbons (Fsp3) is 0.364. The maximum absolute atomic E-state index is 13.0. The molecule has 1 heterocycles. The zero-order chi connectivity index (χ0) is 22.3. The van der Waals surface area contributed by atoms with Gasteiger partial charge in [-0.1, -0.05) is 43.7 Å². The molecule has 0 spiro atoms. The molecule has 1 N–H and O–H groups in total. The minimum atomic E-state index is -3.56. The van der Waals surface area contributed by atoms with Gasteiger partial charge in [0.05, 0.1) is 15.9 Å². The number of nitrogens with one attached hydrogen (secondary N) is 1. The quantitative estimate of drug-likeness (QED) is 0.366. The van der Waals surface area contributed by atoms with Crippen LogP contribution in [0.5, 0.6) is 0 Å². The maximum Gasteiger partial charge on any atom is 0.288 e. The Kier molecular flexibility index (Phi) is 5.81. The van der Waals surface area contributed by atoms with Crippen LogP contribution in [0.1, 0.15) is 43.4 Å². The summed E-state index contributed by atoms with van der Waals surface area (Å²) in [6.07, 6.45) is 5.00. The molecule has 3 atom stereocenters. The molecule has 2 aromatic carbocycles. The second kappa shape index (κ2) is 8.26. The van der Waals surface area contributed by atoms with Crippen molar-refractivity contribution in [2.75, 3.05) is 18.4 Å². The summed E-state index contributed by atoms with van der Waals surface area (Å²) in [5.74, 6) is 0.155. The normalized spacial score (nSPS) is 22.1. The van der Waals surface area contributed by atoms with E-state index in [1.165, 1.54) is 10.4 Å². The molecule has 2 aromatic rings. The van der Waals surface area contributed by atoms with Crippen LogP contribution in [0.3, 0.4) is 0 Å². The van der Waals surface area contributed by atoms with Gasteiger partial charge in [0, 0.05) is 30.8 Å². The second-order valence-electron chi connectivity index (χ2n) is 7.78. The summed E-state index contributed by atoms with van der Waals surface area (Å²) < 4.78 is 27.5. The van der Waals surface area contributed by atoms with E-state index < -0.39 is 14.9 Å². The third kappa shape index (κ3) is 3.73. The number of anilines is 1. The van der Waals surface area contributed by atoms with Crippen LogP contribution in [0.25, 0.3) is 0 Å². The standard InChI is InChI=1S/C22H24ClN3O4S/c1-3-25(4-2)31(29,30)15-9-11-20-18(13-15)16-6-5-7-17(16)22(24-20)14-8-10-19(23)21(12-14)26(27)28/h5-6,8-13,16-17,22,24H,3-4,7H2,1-2H3. The van der Waals surface area contributed by atoms with Crippen molar-refractivity contribution >= 4 is 33.0 Å². The molecule has 1 aliphatic heterocycles. The van der Waals surface area contributed by atoms with Gasteiger partial charge in [0.25, 0.3) is 5.69 Å². The van der Waals surface area contributed by atoms with Crippen LogP contribution in [0, 0.1) is 16.0 Å². The highest BCUT2D eigenvalue weighted by molar-refractivity contribution is 7.89. The van der Waals surface area contributed by atoms with Gasteiger partial charge in [-0.05, 0) is 47.7 Å². The molecule has 3 unspecified atom stereocenters. The molecular formula is C22H24ClN3O4S. The molecule has 0 radical (unpaired) electrons. The molecule has 31 heavy (non-hydrogen) atoms. The number of benzene rings is 2. The van der Waals surface area contributed by atoms with E-state index in [9.17, 15) is 18.5 Å². The molecule has 1 aliphatic carbocycles. The Bertz CT molecular complexity index is 1160. The monoisotopic (exact) mass is 461 g/mol. The van der Waals surface area contributed by atoms with Gasteiger partial charge in [-0.15, -0.1) is 0 Å². The first-order valence-electron chi connectivity index (χ1n) is 10.3. The van der Waals surface area contributed by atoms with E-state index in [0.717, 1.165) is 23.2 Å². The summed E-state index contributed by atoms with van der Waals surface area (Å²) in [6, 6.07) is 9.94. The zero-order valence-corrected chi connectivity index (χ0v) is 18.9. The Morgan fingerprint density at radius 3 is 2.61 bits per heavy atom. The van der Waals surface area contributed by atoms with E-state index in [0.29, 0.717) is 13.1 Å². The van der Waals surface area contributed by atoms with E-state index in [1.54, 1.807) is 24.3 Å². The predicted octanol–water partition coefficient (Wildman–Crippen LogP) is 5.11. The first-order chi connectivity index (χ1) is 14.8. The predicted molar refractivity (Wildman–Crippen MR) is 121 cm³/mol.